The van der Waals surface area contributed by atoms with Crippen molar-refractivity contribution in [2.45, 2.75) is 55.9 Å². The standard InChI is InChI=1S/C25H30FNO3S/c1-18-8-11-23(19-6-4-3-5-7-19)31-27(18)17-20-9-10-21(16-22(20)26)25(24(28)29-2)12-14-30-15-13-25/h3-7,9-10,16,18,23H,8,11-15,17H2,1-2H3/t18-,23?/m0/s1. The summed E-state index contributed by atoms with van der Waals surface area (Å²) >= 11 is 1.81. The number of rotatable bonds is 5. The highest BCUT2D eigenvalue weighted by atomic mass is 32.2. The molecule has 2 aromatic carbocycles. The average Bonchev–Trinajstić information content (AvgIpc) is 2.82. The van der Waals surface area contributed by atoms with E-state index in [0.29, 0.717) is 55.0 Å². The molecular weight excluding hydrogens is 413 g/mol. The van der Waals surface area contributed by atoms with Crippen molar-refractivity contribution in [3.05, 3.63) is 71.0 Å². The Hall–Kier alpha value is -1.89. The topological polar surface area (TPSA) is 38.8 Å². The summed E-state index contributed by atoms with van der Waals surface area (Å²) in [5, 5.41) is 0.393. The first kappa shape index (κ1) is 22.3. The molecule has 2 aromatic rings. The van der Waals surface area contributed by atoms with Crippen LogP contribution in [0.15, 0.2) is 48.5 Å². The minimum Gasteiger partial charge on any atom is -0.468 e. The van der Waals surface area contributed by atoms with Crippen LogP contribution in [0.25, 0.3) is 0 Å². The Morgan fingerprint density at radius 1 is 1.19 bits per heavy atom. The number of benzene rings is 2. The normalized spacial score (nSPS) is 24.0. The van der Waals surface area contributed by atoms with Crippen LogP contribution < -0.4 is 0 Å². The Kier molecular flexibility index (Phi) is 6.99. The summed E-state index contributed by atoms with van der Waals surface area (Å²) in [4.78, 5) is 12.6. The lowest BCUT2D eigenvalue weighted by Gasteiger charge is -2.37. The van der Waals surface area contributed by atoms with Gasteiger partial charge >= 0.3 is 5.97 Å². The molecule has 2 saturated heterocycles. The molecule has 0 bridgehead atoms. The van der Waals surface area contributed by atoms with Gasteiger partial charge in [-0.05, 0) is 49.8 Å². The fraction of sp³-hybridized carbons (Fsp3) is 0.480. The molecule has 6 heteroatoms. The summed E-state index contributed by atoms with van der Waals surface area (Å²) < 4.78 is 28.0. The van der Waals surface area contributed by atoms with Crippen molar-refractivity contribution in [2.24, 2.45) is 0 Å². The summed E-state index contributed by atoms with van der Waals surface area (Å²) in [5.74, 6) is -0.573. The van der Waals surface area contributed by atoms with Crippen LogP contribution in [0.5, 0.6) is 0 Å². The first-order valence-corrected chi connectivity index (χ1v) is 11.8. The van der Waals surface area contributed by atoms with Crippen LogP contribution in [0.1, 0.15) is 54.5 Å². The zero-order chi connectivity index (χ0) is 21.8. The van der Waals surface area contributed by atoms with E-state index in [0.717, 1.165) is 12.8 Å². The quantitative estimate of drug-likeness (QED) is 0.456. The second-order valence-corrected chi connectivity index (χ2v) is 9.75. The van der Waals surface area contributed by atoms with Crippen molar-refractivity contribution < 1.29 is 18.7 Å². The Balaban J connectivity index is 1.53. The molecule has 2 fully saturated rings. The van der Waals surface area contributed by atoms with Gasteiger partial charge in [0.1, 0.15) is 5.82 Å². The van der Waals surface area contributed by atoms with Gasteiger partial charge in [-0.15, -0.1) is 0 Å². The van der Waals surface area contributed by atoms with E-state index in [1.807, 2.05) is 30.1 Å². The predicted octanol–water partition coefficient (Wildman–Crippen LogP) is 5.42. The van der Waals surface area contributed by atoms with Crippen molar-refractivity contribution in [1.29, 1.82) is 0 Å². The van der Waals surface area contributed by atoms with Gasteiger partial charge in [0, 0.05) is 36.6 Å². The Bertz CT molecular complexity index is 901. The maximum Gasteiger partial charge on any atom is 0.316 e. The largest absolute Gasteiger partial charge is 0.468 e. The fourth-order valence-corrected chi connectivity index (χ4v) is 5.99. The maximum absolute atomic E-state index is 15.2. The van der Waals surface area contributed by atoms with Gasteiger partial charge in [-0.1, -0.05) is 54.4 Å². The Labute approximate surface area is 188 Å². The molecule has 0 aromatic heterocycles. The Morgan fingerprint density at radius 2 is 1.94 bits per heavy atom. The van der Waals surface area contributed by atoms with Crippen molar-refractivity contribution in [3.8, 4) is 0 Å². The van der Waals surface area contributed by atoms with Crippen molar-refractivity contribution in [1.82, 2.24) is 4.31 Å². The second kappa shape index (κ2) is 9.72. The van der Waals surface area contributed by atoms with Crippen molar-refractivity contribution in [2.75, 3.05) is 20.3 Å². The van der Waals surface area contributed by atoms with E-state index < -0.39 is 5.41 Å². The molecule has 0 saturated carbocycles. The number of methoxy groups -OCH3 is 1. The van der Waals surface area contributed by atoms with Crippen LogP contribution in [0, 0.1) is 5.82 Å². The summed E-state index contributed by atoms with van der Waals surface area (Å²) in [6.07, 6.45) is 3.22. The number of halogens is 1. The number of esters is 1. The van der Waals surface area contributed by atoms with Gasteiger partial charge < -0.3 is 9.47 Å². The zero-order valence-electron chi connectivity index (χ0n) is 18.2. The minimum absolute atomic E-state index is 0.262. The van der Waals surface area contributed by atoms with E-state index in [1.54, 1.807) is 0 Å². The third-order valence-electron chi connectivity index (χ3n) is 6.63. The lowest BCUT2D eigenvalue weighted by molar-refractivity contribution is -0.151. The van der Waals surface area contributed by atoms with E-state index in [1.165, 1.54) is 18.7 Å². The molecule has 4 nitrogen and oxygen atoms in total. The SMILES string of the molecule is COC(=O)C1(c2ccc(CN3SC(c4ccccc4)CC[C@@H]3C)c(F)c2)CCOCC1. The monoisotopic (exact) mass is 443 g/mol. The molecule has 1 unspecified atom stereocenters. The van der Waals surface area contributed by atoms with Gasteiger partial charge in [-0.25, -0.2) is 8.70 Å². The van der Waals surface area contributed by atoms with Gasteiger partial charge in [-0.2, -0.15) is 0 Å². The van der Waals surface area contributed by atoms with E-state index in [2.05, 4.69) is 35.5 Å². The van der Waals surface area contributed by atoms with Gasteiger partial charge in [0.2, 0.25) is 0 Å². The number of carbonyl (C=O) groups is 1. The molecule has 0 aliphatic carbocycles. The average molecular weight is 444 g/mol. The number of hydrogen-bond acceptors (Lipinski definition) is 5. The second-order valence-electron chi connectivity index (χ2n) is 8.50. The molecule has 4 rings (SSSR count). The molecule has 2 aliphatic rings. The smallest absolute Gasteiger partial charge is 0.316 e. The van der Waals surface area contributed by atoms with Gasteiger partial charge in [0.25, 0.3) is 0 Å². The van der Waals surface area contributed by atoms with Crippen LogP contribution in [0.3, 0.4) is 0 Å². The highest BCUT2D eigenvalue weighted by Gasteiger charge is 2.43. The third-order valence-corrected chi connectivity index (χ3v) is 8.15. The predicted molar refractivity (Wildman–Crippen MR) is 121 cm³/mol. The van der Waals surface area contributed by atoms with Crippen LogP contribution in [0.4, 0.5) is 4.39 Å². The van der Waals surface area contributed by atoms with Gasteiger partial charge in [0.15, 0.2) is 0 Å². The molecule has 0 amide bonds. The van der Waals surface area contributed by atoms with Crippen molar-refractivity contribution in [3.63, 3.8) is 0 Å². The van der Waals surface area contributed by atoms with Crippen molar-refractivity contribution >= 4 is 17.9 Å². The van der Waals surface area contributed by atoms with E-state index in [9.17, 15) is 4.79 Å². The molecular formula is C25H30FNO3S. The first-order chi connectivity index (χ1) is 15.0. The summed E-state index contributed by atoms with van der Waals surface area (Å²) in [7, 11) is 1.39. The molecule has 2 atom stereocenters. The van der Waals surface area contributed by atoms with Crippen LogP contribution >= 0.6 is 11.9 Å². The fourth-order valence-electron chi connectivity index (χ4n) is 4.61. The van der Waals surface area contributed by atoms with Gasteiger partial charge in [-0.3, -0.25) is 4.79 Å². The third kappa shape index (κ3) is 4.66. The van der Waals surface area contributed by atoms with E-state index in [4.69, 9.17) is 9.47 Å². The van der Waals surface area contributed by atoms with E-state index >= 15 is 4.39 Å². The molecule has 2 heterocycles. The molecule has 0 spiro atoms. The first-order valence-electron chi connectivity index (χ1n) is 11.0. The molecule has 0 N–H and O–H groups in total. The van der Waals surface area contributed by atoms with Gasteiger partial charge in [0.05, 0.1) is 12.5 Å². The molecule has 166 valence electrons. The molecule has 31 heavy (non-hydrogen) atoms. The summed E-state index contributed by atoms with van der Waals surface area (Å²) in [6.45, 7) is 3.69. The summed E-state index contributed by atoms with van der Waals surface area (Å²) in [5.41, 5.74) is 1.84. The van der Waals surface area contributed by atoms with E-state index in [-0.39, 0.29) is 11.8 Å². The highest BCUT2D eigenvalue weighted by molar-refractivity contribution is 7.97. The van der Waals surface area contributed by atoms with Crippen LogP contribution in [-0.2, 0) is 26.2 Å². The lowest BCUT2D eigenvalue weighted by Crippen LogP contribution is -2.42. The highest BCUT2D eigenvalue weighted by Crippen LogP contribution is 2.43. The van der Waals surface area contributed by atoms with Crippen LogP contribution in [0.2, 0.25) is 0 Å². The number of carbonyl (C=O) groups excluding carboxylic acids is 1. The number of hydrogen-bond donors (Lipinski definition) is 0. The maximum atomic E-state index is 15.2. The Morgan fingerprint density at radius 3 is 2.61 bits per heavy atom. The lowest BCUT2D eigenvalue weighted by atomic mass is 9.74. The molecule has 0 radical (unpaired) electrons. The number of ether oxygens (including phenoxy) is 2. The zero-order valence-corrected chi connectivity index (χ0v) is 19.0. The number of nitrogens with zero attached hydrogens (tertiary/aromatic N) is 1. The summed E-state index contributed by atoms with van der Waals surface area (Å²) in [6, 6.07) is 16.2. The van der Waals surface area contributed by atoms with Crippen LogP contribution in [-0.4, -0.2) is 36.6 Å². The molecule has 2 aliphatic heterocycles. The minimum atomic E-state index is -0.821.